The van der Waals surface area contributed by atoms with Crippen molar-refractivity contribution in [1.29, 1.82) is 0 Å². The van der Waals surface area contributed by atoms with Gasteiger partial charge in [0.2, 0.25) is 11.8 Å². The van der Waals surface area contributed by atoms with E-state index in [0.29, 0.717) is 13.0 Å². The van der Waals surface area contributed by atoms with E-state index < -0.39 is 0 Å². The Labute approximate surface area is 310 Å². The number of likely N-dealkylation sites (N-methyl/N-ethyl adjacent to an activating group) is 1. The van der Waals surface area contributed by atoms with E-state index in [1.54, 1.807) is 0 Å². The molecule has 0 saturated carbocycles. The van der Waals surface area contributed by atoms with Crippen molar-refractivity contribution in [2.24, 2.45) is 0 Å². The van der Waals surface area contributed by atoms with Crippen molar-refractivity contribution in [2.45, 2.75) is 37.4 Å². The first kappa shape index (κ1) is 34.0. The zero-order valence-electron chi connectivity index (χ0n) is 30.0. The van der Waals surface area contributed by atoms with Gasteiger partial charge in [0.05, 0.1) is 36.2 Å². The van der Waals surface area contributed by atoms with Crippen molar-refractivity contribution in [3.8, 4) is 33.6 Å². The normalized spacial score (nSPS) is 17.5. The number of aromatic nitrogens is 4. The number of carbonyl (C=O) groups is 2. The Balaban J connectivity index is 0.923. The molecule has 266 valence electrons. The molecule has 9 nitrogen and oxygen atoms in total. The minimum absolute atomic E-state index is 0.0808. The average Bonchev–Trinajstić information content (AvgIpc) is 4.03. The molecular weight excluding hydrogens is 659 g/mol. The summed E-state index contributed by atoms with van der Waals surface area (Å²) in [5.74, 6) is 1.77. The van der Waals surface area contributed by atoms with Crippen LogP contribution in [0.1, 0.15) is 53.7 Å². The number of nitrogens with zero attached hydrogens (tertiary/aromatic N) is 5. The fourth-order valence-electron chi connectivity index (χ4n) is 7.63. The minimum atomic E-state index is -0.340. The molecule has 4 aromatic carbocycles. The maximum Gasteiger partial charge on any atom is 0.245 e. The molecule has 2 amide bonds. The predicted molar refractivity (Wildman–Crippen MR) is 207 cm³/mol. The van der Waals surface area contributed by atoms with Crippen LogP contribution in [0, 0.1) is 0 Å². The number of amides is 2. The summed E-state index contributed by atoms with van der Waals surface area (Å²) in [6, 6.07) is 36.1. The molecule has 6 aromatic rings. The Morgan fingerprint density at radius 2 is 1.30 bits per heavy atom. The van der Waals surface area contributed by atoms with Crippen molar-refractivity contribution in [3.63, 3.8) is 0 Å². The number of carbonyl (C=O) groups excluding carboxylic acids is 2. The lowest BCUT2D eigenvalue weighted by Crippen LogP contribution is -2.40. The number of rotatable bonds is 10. The largest absolute Gasteiger partial charge is 0.340 e. The van der Waals surface area contributed by atoms with E-state index in [0.717, 1.165) is 75.8 Å². The summed E-state index contributed by atoms with van der Waals surface area (Å²) < 4.78 is 0. The van der Waals surface area contributed by atoms with Gasteiger partial charge in [0.1, 0.15) is 23.7 Å². The Kier molecular flexibility index (Phi) is 9.57. The Morgan fingerprint density at radius 1 is 0.736 bits per heavy atom. The predicted octanol–water partition coefficient (Wildman–Crippen LogP) is 7.78. The summed E-state index contributed by atoms with van der Waals surface area (Å²) in [7, 11) is 3.92. The second-order valence-electron chi connectivity index (χ2n) is 14.1. The van der Waals surface area contributed by atoms with E-state index in [1.807, 2.05) is 114 Å². The first-order valence-corrected chi connectivity index (χ1v) is 18.3. The number of H-pyrrole nitrogens is 2. The Morgan fingerprint density at radius 3 is 1.92 bits per heavy atom. The van der Waals surface area contributed by atoms with Gasteiger partial charge in [0.25, 0.3) is 0 Å². The molecule has 3 atom stereocenters. The highest BCUT2D eigenvalue weighted by Crippen LogP contribution is 2.35. The van der Waals surface area contributed by atoms with Gasteiger partial charge in [-0.05, 0) is 60.3 Å². The molecule has 0 unspecified atom stereocenters. The average molecular weight is 702 g/mol. The van der Waals surface area contributed by atoms with Crippen molar-refractivity contribution in [2.75, 3.05) is 27.2 Å². The standard InChI is InChI=1S/C44H43N7O2/c1-49(2)41(35-13-7-4-8-14-35)44(53)51-26-10-16-39(51)43-46-29-37(48-43)34-23-19-32(20-24-34)31-17-21-33(22-18-31)36-28-45-42(47-36)38-15-9-25-50(38)40(52)27-30-11-5-3-6-12-30/h3-9,11-15,17-24,28-29,38-39,41H,10,16,25-27H2,1-2H3,(H,45,47)(H,46,48)/t38-,39-,41+/m0/s1. The van der Waals surface area contributed by atoms with E-state index in [-0.39, 0.29) is 29.9 Å². The summed E-state index contributed by atoms with van der Waals surface area (Å²) in [5, 5.41) is 0. The summed E-state index contributed by atoms with van der Waals surface area (Å²) in [6.07, 6.45) is 9.98. The van der Waals surface area contributed by atoms with Crippen LogP contribution < -0.4 is 0 Å². The van der Waals surface area contributed by atoms with Gasteiger partial charge in [0.15, 0.2) is 0 Å². The molecule has 9 heteroatoms. The molecule has 0 bridgehead atoms. The highest BCUT2D eigenvalue weighted by atomic mass is 16.2. The summed E-state index contributed by atoms with van der Waals surface area (Å²) in [4.78, 5) is 49.3. The zero-order chi connectivity index (χ0) is 36.3. The number of aromatic amines is 2. The van der Waals surface area contributed by atoms with Crippen LogP contribution in [0.3, 0.4) is 0 Å². The summed E-state index contributed by atoms with van der Waals surface area (Å²) >= 11 is 0. The second kappa shape index (κ2) is 14.9. The molecule has 8 rings (SSSR count). The molecule has 1 fully saturated rings. The van der Waals surface area contributed by atoms with Crippen LogP contribution >= 0.6 is 0 Å². The van der Waals surface area contributed by atoms with Crippen molar-refractivity contribution < 1.29 is 9.59 Å². The number of hydrogen-bond acceptors (Lipinski definition) is 5. The van der Waals surface area contributed by atoms with Gasteiger partial charge >= 0.3 is 0 Å². The molecule has 0 aliphatic carbocycles. The van der Waals surface area contributed by atoms with E-state index >= 15 is 0 Å². The highest BCUT2D eigenvalue weighted by molar-refractivity contribution is 5.84. The van der Waals surface area contributed by atoms with Crippen LogP contribution in [0.4, 0.5) is 0 Å². The van der Waals surface area contributed by atoms with Crippen LogP contribution in [0.15, 0.2) is 134 Å². The Bertz CT molecular complexity index is 2210. The first-order valence-electron chi connectivity index (χ1n) is 18.3. The molecular formula is C44H43N7O2. The third kappa shape index (κ3) is 7.08. The smallest absolute Gasteiger partial charge is 0.245 e. The molecule has 2 aromatic heterocycles. The van der Waals surface area contributed by atoms with Crippen molar-refractivity contribution >= 4 is 11.8 Å². The number of imidazole rings is 2. The number of hydrogen-bond donors (Lipinski definition) is 2. The molecule has 0 spiro atoms. The van der Waals surface area contributed by atoms with Gasteiger partial charge in [0, 0.05) is 13.1 Å². The third-order valence-electron chi connectivity index (χ3n) is 10.4. The molecule has 53 heavy (non-hydrogen) atoms. The lowest BCUT2D eigenvalue weighted by Gasteiger charge is -2.31. The fourth-order valence-corrected chi connectivity index (χ4v) is 7.63. The molecule has 2 N–H and O–H groups in total. The number of benzene rings is 4. The van der Waals surface area contributed by atoms with Gasteiger partial charge in [-0.25, -0.2) is 9.97 Å². The van der Waals surface area contributed by atoms with Crippen LogP contribution in [-0.4, -0.2) is 73.6 Å². The van der Waals surface area contributed by atoms with Crippen LogP contribution in [0.25, 0.3) is 33.6 Å². The lowest BCUT2D eigenvalue weighted by atomic mass is 10.0. The van der Waals surface area contributed by atoms with E-state index in [9.17, 15) is 9.59 Å². The summed E-state index contributed by atoms with van der Waals surface area (Å²) in [6.45, 7) is 1.30. The number of likely N-dealkylation sites (tertiary alicyclic amines) is 1. The third-order valence-corrected chi connectivity index (χ3v) is 10.4. The quantitative estimate of drug-likeness (QED) is 0.142. The number of nitrogens with one attached hydrogen (secondary N) is 2. The minimum Gasteiger partial charge on any atom is -0.340 e. The van der Waals surface area contributed by atoms with Crippen molar-refractivity contribution in [1.82, 2.24) is 34.6 Å². The topological polar surface area (TPSA) is 101 Å². The molecule has 2 aliphatic rings. The van der Waals surface area contributed by atoms with Crippen LogP contribution in [-0.2, 0) is 16.0 Å². The molecule has 4 heterocycles. The molecule has 0 radical (unpaired) electrons. The van der Waals surface area contributed by atoms with Gasteiger partial charge in [-0.3, -0.25) is 14.5 Å². The van der Waals surface area contributed by atoms with Crippen molar-refractivity contribution in [3.05, 3.63) is 157 Å². The van der Waals surface area contributed by atoms with E-state index in [2.05, 4.69) is 63.5 Å². The maximum absolute atomic E-state index is 13.9. The van der Waals surface area contributed by atoms with Gasteiger partial charge in [-0.2, -0.15) is 0 Å². The molecule has 1 saturated heterocycles. The Hall–Kier alpha value is -6.06. The van der Waals surface area contributed by atoms with E-state index in [4.69, 9.17) is 4.98 Å². The van der Waals surface area contributed by atoms with Crippen LogP contribution in [0.2, 0.25) is 0 Å². The van der Waals surface area contributed by atoms with Gasteiger partial charge in [-0.1, -0.05) is 121 Å². The monoisotopic (exact) mass is 701 g/mol. The van der Waals surface area contributed by atoms with Gasteiger partial charge in [-0.15, -0.1) is 0 Å². The fraction of sp³-hybridized carbons (Fsp3) is 0.227. The van der Waals surface area contributed by atoms with Gasteiger partial charge < -0.3 is 19.8 Å². The molecule has 2 aliphatic heterocycles. The SMILES string of the molecule is CN(C)[C@@H](C(=O)N1CCC[C@H]1c1ncc(-c2ccc(-c3ccc(-c4cnc([C@@H]5C=CCN5C(=O)Cc5ccccc5)[nH]4)cc3)cc2)[nH]1)c1ccccc1. The van der Waals surface area contributed by atoms with Crippen LogP contribution in [0.5, 0.6) is 0 Å². The maximum atomic E-state index is 13.9. The zero-order valence-corrected chi connectivity index (χ0v) is 30.0. The lowest BCUT2D eigenvalue weighted by molar-refractivity contribution is -0.137. The van der Waals surface area contributed by atoms with E-state index in [1.165, 1.54) is 0 Å². The highest BCUT2D eigenvalue weighted by Gasteiger charge is 2.37. The second-order valence-corrected chi connectivity index (χ2v) is 14.1. The first-order chi connectivity index (χ1) is 25.9. The summed E-state index contributed by atoms with van der Waals surface area (Å²) in [5.41, 5.74) is 8.13.